The van der Waals surface area contributed by atoms with Crippen molar-refractivity contribution in [2.45, 2.75) is 38.4 Å². The highest BCUT2D eigenvalue weighted by Crippen LogP contribution is 2.27. The second-order valence-electron chi connectivity index (χ2n) is 6.33. The van der Waals surface area contributed by atoms with Gasteiger partial charge in [0.1, 0.15) is 0 Å². The fraction of sp³-hybridized carbons (Fsp3) is 0.647. The van der Waals surface area contributed by atoms with Crippen molar-refractivity contribution in [2.75, 3.05) is 26.7 Å². The first kappa shape index (κ1) is 15.5. The topological polar surface area (TPSA) is 32.7 Å². The van der Waals surface area contributed by atoms with Crippen molar-refractivity contribution in [1.29, 1.82) is 0 Å². The average molecular weight is 277 g/mol. The molecule has 0 saturated carbocycles. The molecule has 1 aromatic carbocycles. The first-order chi connectivity index (χ1) is 9.54. The van der Waals surface area contributed by atoms with Crippen LogP contribution >= 0.6 is 0 Å². The molecule has 112 valence electrons. The number of ether oxygens (including phenoxy) is 1. The third-order valence-electron chi connectivity index (χ3n) is 4.46. The number of piperidine rings is 1. The maximum absolute atomic E-state index is 10.4. The van der Waals surface area contributed by atoms with Gasteiger partial charge >= 0.3 is 0 Å². The van der Waals surface area contributed by atoms with Gasteiger partial charge in [0.05, 0.1) is 11.7 Å². The van der Waals surface area contributed by atoms with Crippen LogP contribution < -0.4 is 0 Å². The molecule has 1 aliphatic rings. The van der Waals surface area contributed by atoms with E-state index in [9.17, 15) is 5.11 Å². The fourth-order valence-electron chi connectivity index (χ4n) is 3.12. The van der Waals surface area contributed by atoms with Gasteiger partial charge in [-0.15, -0.1) is 0 Å². The molecule has 3 nitrogen and oxygen atoms in total. The monoisotopic (exact) mass is 277 g/mol. The highest BCUT2D eigenvalue weighted by molar-refractivity contribution is 5.17. The predicted molar refractivity (Wildman–Crippen MR) is 81.7 cm³/mol. The molecule has 1 saturated heterocycles. The molecule has 0 spiro atoms. The molecule has 1 fully saturated rings. The number of nitrogens with zero attached hydrogens (tertiary/aromatic N) is 1. The van der Waals surface area contributed by atoms with Crippen molar-refractivity contribution < 1.29 is 9.84 Å². The van der Waals surface area contributed by atoms with E-state index in [0.717, 1.165) is 31.6 Å². The van der Waals surface area contributed by atoms with Crippen molar-refractivity contribution in [2.24, 2.45) is 5.92 Å². The number of aliphatic hydroxyl groups is 1. The number of likely N-dealkylation sites (tertiary alicyclic amines) is 1. The van der Waals surface area contributed by atoms with Crippen LogP contribution in [0.5, 0.6) is 0 Å². The lowest BCUT2D eigenvalue weighted by molar-refractivity contribution is -0.0575. The van der Waals surface area contributed by atoms with Crippen LogP contribution in [0.3, 0.4) is 0 Å². The molecule has 2 rings (SSSR count). The molecule has 1 heterocycles. The standard InChI is InChI=1S/C17H27NO2/c1-14(16(19)15-8-5-4-6-9-15)12-18-11-7-10-17(2,13-18)20-3/h4-6,8-9,14,16,19H,7,10-13H2,1-3H3. The average Bonchev–Trinajstić information content (AvgIpc) is 2.47. The number of aliphatic hydroxyl groups excluding tert-OH is 1. The Morgan fingerprint density at radius 1 is 1.35 bits per heavy atom. The van der Waals surface area contributed by atoms with Crippen LogP contribution in [-0.4, -0.2) is 42.4 Å². The summed E-state index contributed by atoms with van der Waals surface area (Å²) in [5.74, 6) is 0.219. The van der Waals surface area contributed by atoms with Gasteiger partial charge in [-0.25, -0.2) is 0 Å². The minimum Gasteiger partial charge on any atom is -0.388 e. The Morgan fingerprint density at radius 3 is 2.70 bits per heavy atom. The van der Waals surface area contributed by atoms with E-state index in [4.69, 9.17) is 4.74 Å². The van der Waals surface area contributed by atoms with Gasteiger partial charge in [-0.1, -0.05) is 37.3 Å². The van der Waals surface area contributed by atoms with E-state index in [1.807, 2.05) is 30.3 Å². The van der Waals surface area contributed by atoms with Crippen LogP contribution in [0.2, 0.25) is 0 Å². The van der Waals surface area contributed by atoms with E-state index >= 15 is 0 Å². The molecule has 0 aliphatic carbocycles. The Kier molecular flexibility index (Phi) is 5.19. The van der Waals surface area contributed by atoms with E-state index in [1.165, 1.54) is 6.42 Å². The maximum Gasteiger partial charge on any atom is 0.0827 e. The highest BCUT2D eigenvalue weighted by Gasteiger charge is 2.32. The van der Waals surface area contributed by atoms with E-state index in [2.05, 4.69) is 18.7 Å². The summed E-state index contributed by atoms with van der Waals surface area (Å²) in [5, 5.41) is 10.4. The summed E-state index contributed by atoms with van der Waals surface area (Å²) >= 11 is 0. The molecule has 0 aromatic heterocycles. The molecule has 0 bridgehead atoms. The molecule has 3 atom stereocenters. The summed E-state index contributed by atoms with van der Waals surface area (Å²) < 4.78 is 5.63. The van der Waals surface area contributed by atoms with Crippen molar-refractivity contribution >= 4 is 0 Å². The van der Waals surface area contributed by atoms with Gasteiger partial charge < -0.3 is 14.7 Å². The van der Waals surface area contributed by atoms with E-state index in [0.29, 0.717) is 0 Å². The lowest BCUT2D eigenvalue weighted by Crippen LogP contribution is -2.48. The molecule has 3 unspecified atom stereocenters. The molecular weight excluding hydrogens is 250 g/mol. The Hall–Kier alpha value is -0.900. The van der Waals surface area contributed by atoms with Crippen LogP contribution in [0.1, 0.15) is 38.4 Å². The van der Waals surface area contributed by atoms with Crippen LogP contribution in [-0.2, 0) is 4.74 Å². The van der Waals surface area contributed by atoms with Crippen LogP contribution in [0.4, 0.5) is 0 Å². The highest BCUT2D eigenvalue weighted by atomic mass is 16.5. The second-order valence-corrected chi connectivity index (χ2v) is 6.33. The normalized spacial score (nSPS) is 27.2. The predicted octanol–water partition coefficient (Wildman–Crippen LogP) is 2.86. The van der Waals surface area contributed by atoms with Crippen molar-refractivity contribution in [1.82, 2.24) is 4.90 Å². The zero-order valence-corrected chi connectivity index (χ0v) is 12.9. The van der Waals surface area contributed by atoms with E-state index in [1.54, 1.807) is 7.11 Å². The first-order valence-electron chi connectivity index (χ1n) is 7.54. The van der Waals surface area contributed by atoms with Crippen LogP contribution in [0.25, 0.3) is 0 Å². The van der Waals surface area contributed by atoms with Gasteiger partial charge in [-0.3, -0.25) is 0 Å². The van der Waals surface area contributed by atoms with Crippen molar-refractivity contribution in [3.05, 3.63) is 35.9 Å². The Bertz CT molecular complexity index is 409. The van der Waals surface area contributed by atoms with E-state index in [-0.39, 0.29) is 11.5 Å². The maximum atomic E-state index is 10.4. The summed E-state index contributed by atoms with van der Waals surface area (Å²) in [7, 11) is 1.80. The zero-order chi connectivity index (χ0) is 14.6. The fourth-order valence-corrected chi connectivity index (χ4v) is 3.12. The lowest BCUT2D eigenvalue weighted by atomic mass is 9.92. The van der Waals surface area contributed by atoms with Gasteiger partial charge in [0.25, 0.3) is 0 Å². The Labute approximate surface area is 122 Å². The quantitative estimate of drug-likeness (QED) is 0.898. The lowest BCUT2D eigenvalue weighted by Gasteiger charge is -2.40. The van der Waals surface area contributed by atoms with Crippen LogP contribution in [0.15, 0.2) is 30.3 Å². The van der Waals surface area contributed by atoms with Gasteiger partial charge in [0, 0.05) is 20.2 Å². The molecule has 3 heteroatoms. The van der Waals surface area contributed by atoms with E-state index < -0.39 is 6.10 Å². The smallest absolute Gasteiger partial charge is 0.0827 e. The molecule has 1 N–H and O–H groups in total. The van der Waals surface area contributed by atoms with Gasteiger partial charge in [-0.2, -0.15) is 0 Å². The summed E-state index contributed by atoms with van der Waals surface area (Å²) in [6.45, 7) is 7.27. The second kappa shape index (κ2) is 6.70. The number of methoxy groups -OCH3 is 1. The third kappa shape index (κ3) is 3.81. The van der Waals surface area contributed by atoms with Gasteiger partial charge in [0.2, 0.25) is 0 Å². The largest absolute Gasteiger partial charge is 0.388 e. The van der Waals surface area contributed by atoms with Crippen LogP contribution in [0, 0.1) is 5.92 Å². The number of benzene rings is 1. The SMILES string of the molecule is COC1(C)CCCN(CC(C)C(O)c2ccccc2)C1. The number of rotatable bonds is 5. The molecule has 0 amide bonds. The molecule has 1 aliphatic heterocycles. The Morgan fingerprint density at radius 2 is 2.05 bits per heavy atom. The minimum absolute atomic E-state index is 0.0321. The Balaban J connectivity index is 1.92. The van der Waals surface area contributed by atoms with Crippen molar-refractivity contribution in [3.8, 4) is 0 Å². The third-order valence-corrected chi connectivity index (χ3v) is 4.46. The number of hydrogen-bond donors (Lipinski definition) is 1. The number of hydrogen-bond acceptors (Lipinski definition) is 3. The van der Waals surface area contributed by atoms with Gasteiger partial charge in [0.15, 0.2) is 0 Å². The minimum atomic E-state index is -0.396. The summed E-state index contributed by atoms with van der Waals surface area (Å²) in [6, 6.07) is 9.94. The molecule has 0 radical (unpaired) electrons. The molecular formula is C17H27NO2. The zero-order valence-electron chi connectivity index (χ0n) is 12.9. The van der Waals surface area contributed by atoms with Gasteiger partial charge in [-0.05, 0) is 37.8 Å². The summed E-state index contributed by atoms with van der Waals surface area (Å²) in [6.07, 6.45) is 1.89. The molecule has 1 aromatic rings. The molecule has 20 heavy (non-hydrogen) atoms. The summed E-state index contributed by atoms with van der Waals surface area (Å²) in [4.78, 5) is 2.42. The van der Waals surface area contributed by atoms with Crippen molar-refractivity contribution in [3.63, 3.8) is 0 Å². The summed E-state index contributed by atoms with van der Waals surface area (Å²) in [5.41, 5.74) is 0.974. The first-order valence-corrected chi connectivity index (χ1v) is 7.54.